The Kier molecular flexibility index (Phi) is 6.10. The zero-order chi connectivity index (χ0) is 33.5. The van der Waals surface area contributed by atoms with Gasteiger partial charge >= 0.3 is 0 Å². The van der Waals surface area contributed by atoms with Gasteiger partial charge in [-0.15, -0.1) is 0 Å². The van der Waals surface area contributed by atoms with E-state index in [0.29, 0.717) is 5.82 Å². The lowest BCUT2D eigenvalue weighted by molar-refractivity contribution is 0.665. The lowest BCUT2D eigenvalue weighted by Crippen LogP contribution is -2.31. The van der Waals surface area contributed by atoms with E-state index in [1.54, 1.807) is 0 Å². The van der Waals surface area contributed by atoms with Crippen LogP contribution >= 0.6 is 11.8 Å². The molecule has 2 aromatic heterocycles. The lowest BCUT2D eigenvalue weighted by Gasteiger charge is -2.39. The van der Waals surface area contributed by atoms with Crippen molar-refractivity contribution in [1.82, 2.24) is 9.97 Å². The second kappa shape index (κ2) is 10.9. The Labute approximate surface area is 299 Å². The highest BCUT2D eigenvalue weighted by Crippen LogP contribution is 2.62. The molecule has 0 saturated carbocycles. The average Bonchev–Trinajstić information content (AvgIpc) is 3.71. The van der Waals surface area contributed by atoms with Crippen LogP contribution < -0.4 is 0 Å². The van der Waals surface area contributed by atoms with E-state index in [4.69, 9.17) is 14.4 Å². The van der Waals surface area contributed by atoms with E-state index in [1.165, 1.54) is 43.2 Å². The van der Waals surface area contributed by atoms with Crippen LogP contribution in [0.25, 0.3) is 67.0 Å². The average molecular weight is 669 g/mol. The molecule has 4 heteroatoms. The maximum atomic E-state index is 6.90. The molecule has 0 saturated heterocycles. The topological polar surface area (TPSA) is 38.9 Å². The molecule has 1 aliphatic carbocycles. The van der Waals surface area contributed by atoms with E-state index in [-0.39, 0.29) is 0 Å². The standard InChI is InChI=1S/C47H28N2OS/c1-3-14-29(15-4-1)40-27-41(49-46(48-40)30-16-5-2-6-17-30)34-21-13-20-33-35-26-39-44(28-42(35)50-45(33)34)51-43-25-12-11-24-38(43)47(39)36-22-9-7-18-31(36)32-19-8-10-23-37(32)47/h1-28H. The quantitative estimate of drug-likeness (QED) is 0.188. The van der Waals surface area contributed by atoms with Gasteiger partial charge in [0.2, 0.25) is 0 Å². The summed E-state index contributed by atoms with van der Waals surface area (Å²) < 4.78 is 6.90. The molecule has 0 amide bonds. The summed E-state index contributed by atoms with van der Waals surface area (Å²) in [6.45, 7) is 0. The Morgan fingerprint density at radius 1 is 0.431 bits per heavy atom. The van der Waals surface area contributed by atoms with Gasteiger partial charge < -0.3 is 4.42 Å². The third-order valence-electron chi connectivity index (χ3n) is 10.6. The van der Waals surface area contributed by atoms with Crippen molar-refractivity contribution in [3.05, 3.63) is 192 Å². The van der Waals surface area contributed by atoms with Gasteiger partial charge in [-0.3, -0.25) is 0 Å². The molecule has 11 rings (SSSR count). The minimum absolute atomic E-state index is 0.443. The fraction of sp³-hybridized carbons (Fsp3) is 0.0213. The van der Waals surface area contributed by atoms with Crippen LogP contribution in [-0.4, -0.2) is 9.97 Å². The number of fused-ring (bicyclic) bond motifs is 12. The minimum Gasteiger partial charge on any atom is -0.455 e. The predicted molar refractivity (Wildman–Crippen MR) is 207 cm³/mol. The van der Waals surface area contributed by atoms with E-state index in [0.717, 1.165) is 50.0 Å². The highest BCUT2D eigenvalue weighted by Gasteiger charge is 2.50. The van der Waals surface area contributed by atoms with Crippen LogP contribution in [0, 0.1) is 0 Å². The van der Waals surface area contributed by atoms with Crippen LogP contribution in [0.2, 0.25) is 0 Å². The molecule has 0 N–H and O–H groups in total. The Balaban J connectivity index is 1.18. The molecule has 3 heterocycles. The molecule has 7 aromatic carbocycles. The van der Waals surface area contributed by atoms with Gasteiger partial charge in [0.25, 0.3) is 0 Å². The second-order valence-electron chi connectivity index (χ2n) is 13.3. The molecule has 9 aromatic rings. The molecule has 0 atom stereocenters. The van der Waals surface area contributed by atoms with Crippen LogP contribution in [0.4, 0.5) is 0 Å². The first-order chi connectivity index (χ1) is 25.3. The van der Waals surface area contributed by atoms with Crippen LogP contribution in [0.3, 0.4) is 0 Å². The van der Waals surface area contributed by atoms with Gasteiger partial charge in [-0.2, -0.15) is 0 Å². The largest absolute Gasteiger partial charge is 0.455 e. The van der Waals surface area contributed by atoms with Crippen molar-refractivity contribution in [1.29, 1.82) is 0 Å². The van der Waals surface area contributed by atoms with Crippen molar-refractivity contribution >= 4 is 33.7 Å². The van der Waals surface area contributed by atoms with Crippen LogP contribution in [0.5, 0.6) is 0 Å². The molecule has 0 radical (unpaired) electrons. The number of hydrogen-bond donors (Lipinski definition) is 0. The van der Waals surface area contributed by atoms with E-state index in [9.17, 15) is 0 Å². The number of rotatable bonds is 3. The molecule has 0 unspecified atom stereocenters. The molecular formula is C47H28N2OS. The Morgan fingerprint density at radius 3 is 1.78 bits per heavy atom. The molecule has 2 aliphatic rings. The van der Waals surface area contributed by atoms with Gasteiger partial charge in [-0.1, -0.05) is 151 Å². The van der Waals surface area contributed by atoms with Crippen molar-refractivity contribution in [2.75, 3.05) is 0 Å². The Hall–Kier alpha value is -6.23. The summed E-state index contributed by atoms with van der Waals surface area (Å²) in [5.41, 5.74) is 13.8. The third kappa shape index (κ3) is 4.08. The van der Waals surface area contributed by atoms with Crippen molar-refractivity contribution in [3.8, 4) is 45.0 Å². The summed E-state index contributed by atoms with van der Waals surface area (Å²) in [5.74, 6) is 0.685. The molecule has 0 fully saturated rings. The maximum Gasteiger partial charge on any atom is 0.160 e. The smallest absolute Gasteiger partial charge is 0.160 e. The maximum absolute atomic E-state index is 6.90. The van der Waals surface area contributed by atoms with Crippen LogP contribution in [0.1, 0.15) is 22.3 Å². The number of para-hydroxylation sites is 1. The van der Waals surface area contributed by atoms with Gasteiger partial charge in [0, 0.05) is 37.3 Å². The third-order valence-corrected chi connectivity index (χ3v) is 11.7. The first kappa shape index (κ1) is 28.6. The Morgan fingerprint density at radius 2 is 1.04 bits per heavy atom. The zero-order valence-electron chi connectivity index (χ0n) is 27.4. The van der Waals surface area contributed by atoms with E-state index in [2.05, 4.69) is 133 Å². The van der Waals surface area contributed by atoms with Crippen molar-refractivity contribution in [3.63, 3.8) is 0 Å². The number of nitrogens with zero attached hydrogens (tertiary/aromatic N) is 2. The second-order valence-corrected chi connectivity index (χ2v) is 14.3. The lowest BCUT2D eigenvalue weighted by atomic mass is 9.67. The molecule has 3 nitrogen and oxygen atoms in total. The summed E-state index contributed by atoms with van der Waals surface area (Å²) in [7, 11) is 0. The summed E-state index contributed by atoms with van der Waals surface area (Å²) in [6, 6.07) is 60.5. The monoisotopic (exact) mass is 668 g/mol. The number of benzene rings is 7. The van der Waals surface area contributed by atoms with E-state index in [1.807, 2.05) is 48.2 Å². The predicted octanol–water partition coefficient (Wildman–Crippen LogP) is 12.2. The fourth-order valence-corrected chi connectivity index (χ4v) is 9.61. The number of hydrogen-bond acceptors (Lipinski definition) is 4. The summed E-state index contributed by atoms with van der Waals surface area (Å²) in [5, 5.41) is 2.18. The SMILES string of the molecule is c1ccc(-c2cc(-c3cccc4c3oc3cc5c(cc34)C3(c4ccccc4S5)c4ccccc4-c4ccccc43)nc(-c3ccccc3)n2)cc1. The van der Waals surface area contributed by atoms with Crippen LogP contribution in [0.15, 0.2) is 184 Å². The minimum atomic E-state index is -0.443. The molecule has 51 heavy (non-hydrogen) atoms. The first-order valence-corrected chi connectivity index (χ1v) is 18.1. The zero-order valence-corrected chi connectivity index (χ0v) is 28.2. The van der Waals surface area contributed by atoms with Crippen molar-refractivity contribution < 1.29 is 4.42 Å². The van der Waals surface area contributed by atoms with Gasteiger partial charge in [0.1, 0.15) is 11.2 Å². The van der Waals surface area contributed by atoms with Gasteiger partial charge in [0.05, 0.1) is 16.8 Å². The van der Waals surface area contributed by atoms with Crippen molar-refractivity contribution in [2.24, 2.45) is 0 Å². The van der Waals surface area contributed by atoms with E-state index < -0.39 is 5.41 Å². The molecule has 0 bridgehead atoms. The highest BCUT2D eigenvalue weighted by atomic mass is 32.2. The van der Waals surface area contributed by atoms with Gasteiger partial charge in [0.15, 0.2) is 5.82 Å². The number of aromatic nitrogens is 2. The van der Waals surface area contributed by atoms with E-state index >= 15 is 0 Å². The van der Waals surface area contributed by atoms with Gasteiger partial charge in [-0.05, 0) is 63.7 Å². The summed E-state index contributed by atoms with van der Waals surface area (Å²) in [4.78, 5) is 12.7. The normalized spacial score (nSPS) is 13.6. The van der Waals surface area contributed by atoms with Gasteiger partial charge in [-0.25, -0.2) is 9.97 Å². The number of furan rings is 1. The highest BCUT2D eigenvalue weighted by molar-refractivity contribution is 7.99. The summed E-state index contributed by atoms with van der Waals surface area (Å²) >= 11 is 1.84. The first-order valence-electron chi connectivity index (χ1n) is 17.2. The molecule has 1 aliphatic heterocycles. The summed E-state index contributed by atoms with van der Waals surface area (Å²) in [6.07, 6.45) is 0. The molecule has 1 spiro atoms. The van der Waals surface area contributed by atoms with Crippen molar-refractivity contribution in [2.45, 2.75) is 15.2 Å². The molecule has 238 valence electrons. The Bertz CT molecular complexity index is 2740. The van der Waals surface area contributed by atoms with Crippen LogP contribution in [-0.2, 0) is 5.41 Å². The fourth-order valence-electron chi connectivity index (χ4n) is 8.41. The molecular weight excluding hydrogens is 641 g/mol.